The van der Waals surface area contributed by atoms with Crippen LogP contribution in [0.5, 0.6) is 0 Å². The highest BCUT2D eigenvalue weighted by Crippen LogP contribution is 2.20. The molecular formula is C19H17N5O3. The number of rotatable bonds is 5. The lowest BCUT2D eigenvalue weighted by Gasteiger charge is -2.01. The van der Waals surface area contributed by atoms with Gasteiger partial charge in [0.2, 0.25) is 0 Å². The molecule has 1 heterocycles. The van der Waals surface area contributed by atoms with Crippen molar-refractivity contribution < 1.29 is 9.72 Å². The number of nitrogens with zero attached hydrogens (tertiary/aromatic N) is 3. The van der Waals surface area contributed by atoms with Crippen LogP contribution in [0.3, 0.4) is 0 Å². The first-order valence-corrected chi connectivity index (χ1v) is 8.15. The Kier molecular flexibility index (Phi) is 5.07. The fraction of sp³-hybridized carbons (Fsp3) is 0.105. The van der Waals surface area contributed by atoms with Crippen molar-refractivity contribution in [3.63, 3.8) is 0 Å². The van der Waals surface area contributed by atoms with E-state index in [1.807, 2.05) is 32.0 Å². The Hall–Kier alpha value is -3.81. The number of amides is 1. The number of nitro groups is 1. The lowest BCUT2D eigenvalue weighted by atomic mass is 10.0. The normalized spacial score (nSPS) is 10.9. The third-order valence-electron chi connectivity index (χ3n) is 4.11. The van der Waals surface area contributed by atoms with E-state index >= 15 is 0 Å². The summed E-state index contributed by atoms with van der Waals surface area (Å²) in [6.07, 6.45) is 1.40. The van der Waals surface area contributed by atoms with E-state index in [1.54, 1.807) is 18.2 Å². The zero-order chi connectivity index (χ0) is 19.4. The summed E-state index contributed by atoms with van der Waals surface area (Å²) in [6, 6.07) is 13.5. The van der Waals surface area contributed by atoms with Crippen molar-refractivity contribution in [2.45, 2.75) is 13.8 Å². The fourth-order valence-corrected chi connectivity index (χ4v) is 2.39. The summed E-state index contributed by atoms with van der Waals surface area (Å²) in [7, 11) is 0. The topological polar surface area (TPSA) is 113 Å². The van der Waals surface area contributed by atoms with E-state index in [4.69, 9.17) is 0 Å². The molecule has 0 fully saturated rings. The van der Waals surface area contributed by atoms with Gasteiger partial charge in [-0.25, -0.2) is 5.43 Å². The average molecular weight is 363 g/mol. The molecule has 0 saturated heterocycles. The molecule has 1 aromatic heterocycles. The SMILES string of the molecule is Cc1ccc(-c2cc(C(=O)N/N=C/c3ccc([N+](=O)[O-])cc3)[nH]n2)cc1C. The predicted molar refractivity (Wildman–Crippen MR) is 102 cm³/mol. The smallest absolute Gasteiger partial charge is 0.272 e. The van der Waals surface area contributed by atoms with Gasteiger partial charge < -0.3 is 0 Å². The predicted octanol–water partition coefficient (Wildman–Crippen LogP) is 3.37. The maximum Gasteiger partial charge on any atom is 0.289 e. The Balaban J connectivity index is 1.65. The molecule has 0 aliphatic carbocycles. The van der Waals surface area contributed by atoms with Gasteiger partial charge in [-0.1, -0.05) is 12.1 Å². The minimum absolute atomic E-state index is 0.00693. The number of hydrazone groups is 1. The fourth-order valence-electron chi connectivity index (χ4n) is 2.39. The van der Waals surface area contributed by atoms with E-state index in [0.29, 0.717) is 11.3 Å². The molecule has 1 amide bonds. The van der Waals surface area contributed by atoms with Gasteiger partial charge in [-0.15, -0.1) is 0 Å². The van der Waals surface area contributed by atoms with Crippen LogP contribution in [0, 0.1) is 24.0 Å². The van der Waals surface area contributed by atoms with Crippen LogP contribution in [0.2, 0.25) is 0 Å². The first-order valence-electron chi connectivity index (χ1n) is 8.15. The van der Waals surface area contributed by atoms with Gasteiger partial charge in [0.15, 0.2) is 0 Å². The number of benzene rings is 2. The van der Waals surface area contributed by atoms with Crippen molar-refractivity contribution in [1.29, 1.82) is 0 Å². The van der Waals surface area contributed by atoms with Gasteiger partial charge in [0.1, 0.15) is 5.69 Å². The quantitative estimate of drug-likeness (QED) is 0.411. The molecule has 2 N–H and O–H groups in total. The van der Waals surface area contributed by atoms with E-state index in [-0.39, 0.29) is 11.4 Å². The average Bonchev–Trinajstić information content (AvgIpc) is 3.14. The third kappa shape index (κ3) is 4.24. The van der Waals surface area contributed by atoms with Gasteiger partial charge in [-0.3, -0.25) is 20.0 Å². The number of hydrogen-bond acceptors (Lipinski definition) is 5. The number of nitro benzene ring substituents is 1. The minimum Gasteiger partial charge on any atom is -0.272 e. The van der Waals surface area contributed by atoms with Crippen LogP contribution < -0.4 is 5.43 Å². The van der Waals surface area contributed by atoms with Gasteiger partial charge in [-0.2, -0.15) is 10.2 Å². The number of aromatic nitrogens is 2. The van der Waals surface area contributed by atoms with Gasteiger partial charge in [0.05, 0.1) is 16.8 Å². The van der Waals surface area contributed by atoms with Crippen molar-refractivity contribution in [1.82, 2.24) is 15.6 Å². The Labute approximate surface area is 155 Å². The maximum absolute atomic E-state index is 12.2. The van der Waals surface area contributed by atoms with E-state index in [2.05, 4.69) is 20.7 Å². The molecule has 136 valence electrons. The van der Waals surface area contributed by atoms with Crippen molar-refractivity contribution in [3.8, 4) is 11.3 Å². The van der Waals surface area contributed by atoms with Gasteiger partial charge in [-0.05, 0) is 54.8 Å². The van der Waals surface area contributed by atoms with E-state index in [9.17, 15) is 14.9 Å². The second kappa shape index (κ2) is 7.61. The number of carbonyl (C=O) groups is 1. The molecule has 3 rings (SSSR count). The van der Waals surface area contributed by atoms with Crippen molar-refractivity contribution in [2.75, 3.05) is 0 Å². The third-order valence-corrected chi connectivity index (χ3v) is 4.11. The Morgan fingerprint density at radius 1 is 1.15 bits per heavy atom. The van der Waals surface area contributed by atoms with Gasteiger partial charge in [0.25, 0.3) is 11.6 Å². The molecule has 0 unspecified atom stereocenters. The molecule has 2 aromatic carbocycles. The zero-order valence-electron chi connectivity index (χ0n) is 14.8. The van der Waals surface area contributed by atoms with Crippen LogP contribution in [0.1, 0.15) is 27.2 Å². The van der Waals surface area contributed by atoms with Crippen LogP contribution in [-0.4, -0.2) is 27.2 Å². The summed E-state index contributed by atoms with van der Waals surface area (Å²) in [5.74, 6) is -0.434. The highest BCUT2D eigenvalue weighted by atomic mass is 16.6. The Morgan fingerprint density at radius 2 is 1.89 bits per heavy atom. The molecule has 0 aliphatic rings. The van der Waals surface area contributed by atoms with E-state index in [1.165, 1.54) is 23.9 Å². The van der Waals surface area contributed by atoms with Crippen LogP contribution in [-0.2, 0) is 0 Å². The number of aryl methyl sites for hydroxylation is 2. The second-order valence-electron chi connectivity index (χ2n) is 6.01. The Morgan fingerprint density at radius 3 is 2.56 bits per heavy atom. The van der Waals surface area contributed by atoms with E-state index in [0.717, 1.165) is 11.1 Å². The molecule has 27 heavy (non-hydrogen) atoms. The molecule has 0 radical (unpaired) electrons. The summed E-state index contributed by atoms with van der Waals surface area (Å²) >= 11 is 0. The molecule has 0 aliphatic heterocycles. The largest absolute Gasteiger partial charge is 0.289 e. The summed E-state index contributed by atoms with van der Waals surface area (Å²) in [4.78, 5) is 22.3. The molecule has 0 atom stereocenters. The number of nitrogens with one attached hydrogen (secondary N) is 2. The number of non-ortho nitro benzene ring substituents is 1. The number of aromatic amines is 1. The number of carbonyl (C=O) groups excluding carboxylic acids is 1. The van der Waals surface area contributed by atoms with Crippen molar-refractivity contribution in [3.05, 3.63) is 81.0 Å². The Bertz CT molecular complexity index is 1020. The van der Waals surface area contributed by atoms with E-state index < -0.39 is 10.8 Å². The molecule has 0 bridgehead atoms. The first kappa shape index (κ1) is 18.0. The lowest BCUT2D eigenvalue weighted by molar-refractivity contribution is -0.384. The number of H-pyrrole nitrogens is 1. The first-order chi connectivity index (χ1) is 12.9. The summed E-state index contributed by atoms with van der Waals surface area (Å²) in [5.41, 5.74) is 7.22. The molecule has 0 spiro atoms. The highest BCUT2D eigenvalue weighted by molar-refractivity contribution is 5.94. The monoisotopic (exact) mass is 363 g/mol. The van der Waals surface area contributed by atoms with Crippen molar-refractivity contribution in [2.24, 2.45) is 5.10 Å². The minimum atomic E-state index is -0.478. The summed E-state index contributed by atoms with van der Waals surface area (Å²) in [6.45, 7) is 4.05. The van der Waals surface area contributed by atoms with Crippen LogP contribution in [0.25, 0.3) is 11.3 Å². The standard InChI is InChI=1S/C19H17N5O3/c1-12-3-6-15(9-13(12)2)17-10-18(22-21-17)19(25)23-20-11-14-4-7-16(8-5-14)24(26)27/h3-11H,1-2H3,(H,21,22)(H,23,25)/b20-11+. The molecule has 8 heteroatoms. The molecular weight excluding hydrogens is 346 g/mol. The lowest BCUT2D eigenvalue weighted by Crippen LogP contribution is -2.17. The van der Waals surface area contributed by atoms with Crippen molar-refractivity contribution >= 4 is 17.8 Å². The molecule has 8 nitrogen and oxygen atoms in total. The van der Waals surface area contributed by atoms with Gasteiger partial charge >= 0.3 is 0 Å². The van der Waals surface area contributed by atoms with Crippen LogP contribution in [0.4, 0.5) is 5.69 Å². The number of hydrogen-bond donors (Lipinski definition) is 2. The van der Waals surface area contributed by atoms with Crippen LogP contribution in [0.15, 0.2) is 53.6 Å². The second-order valence-corrected chi connectivity index (χ2v) is 6.01. The summed E-state index contributed by atoms with van der Waals surface area (Å²) in [5, 5.41) is 21.3. The summed E-state index contributed by atoms with van der Waals surface area (Å²) < 4.78 is 0. The molecule has 3 aromatic rings. The van der Waals surface area contributed by atoms with Gasteiger partial charge in [0, 0.05) is 17.7 Å². The molecule has 0 saturated carbocycles. The zero-order valence-corrected chi connectivity index (χ0v) is 14.8. The maximum atomic E-state index is 12.2. The highest BCUT2D eigenvalue weighted by Gasteiger charge is 2.11. The van der Waals surface area contributed by atoms with Crippen LogP contribution >= 0.6 is 0 Å².